The molecular weight excluding hydrogens is 360 g/mol. The lowest BCUT2D eigenvalue weighted by Crippen LogP contribution is -2.16. The molecule has 0 radical (unpaired) electrons. The summed E-state index contributed by atoms with van der Waals surface area (Å²) < 4.78 is 4.36. The molecule has 0 atom stereocenters. The minimum Gasteiger partial charge on any atom is -0.305 e. The van der Waals surface area contributed by atoms with Crippen molar-refractivity contribution in [1.82, 2.24) is 24.5 Å². The lowest BCUT2D eigenvalue weighted by molar-refractivity contribution is 0.102. The predicted molar refractivity (Wildman–Crippen MR) is 89.2 cm³/mol. The number of hydrogen-bond acceptors (Lipinski definition) is 4. The van der Waals surface area contributed by atoms with Crippen LogP contribution in [0.4, 0.5) is 5.82 Å². The van der Waals surface area contributed by atoms with E-state index in [0.29, 0.717) is 18.2 Å². The van der Waals surface area contributed by atoms with E-state index in [9.17, 15) is 4.79 Å². The molecule has 0 bridgehead atoms. The summed E-state index contributed by atoms with van der Waals surface area (Å²) in [5, 5.41) is 11.4. The molecule has 0 saturated carbocycles. The zero-order valence-electron chi connectivity index (χ0n) is 12.7. The van der Waals surface area contributed by atoms with E-state index >= 15 is 0 Å². The molecule has 0 aliphatic carbocycles. The van der Waals surface area contributed by atoms with Gasteiger partial charge in [-0.25, -0.2) is 9.67 Å². The van der Waals surface area contributed by atoms with Gasteiger partial charge in [-0.2, -0.15) is 10.2 Å². The van der Waals surface area contributed by atoms with Crippen LogP contribution in [-0.4, -0.2) is 30.5 Å². The van der Waals surface area contributed by atoms with Gasteiger partial charge >= 0.3 is 0 Å². The first-order valence-electron chi connectivity index (χ1n) is 6.99. The number of halogens is 1. The second kappa shape index (κ2) is 6.33. The van der Waals surface area contributed by atoms with Gasteiger partial charge in [0.1, 0.15) is 12.5 Å². The van der Waals surface area contributed by atoms with Gasteiger partial charge in [-0.15, -0.1) is 0 Å². The minimum atomic E-state index is -0.299. The van der Waals surface area contributed by atoms with E-state index in [2.05, 4.69) is 36.4 Å². The highest BCUT2D eigenvalue weighted by atomic mass is 79.9. The Morgan fingerprint density at radius 2 is 2.09 bits per heavy atom. The number of nitrogens with one attached hydrogen (secondary N) is 1. The maximum absolute atomic E-state index is 12.2. The Hall–Kier alpha value is -2.48. The largest absolute Gasteiger partial charge is 0.305 e. The first-order valence-corrected chi connectivity index (χ1v) is 7.78. The number of pyridine rings is 1. The van der Waals surface area contributed by atoms with Crippen LogP contribution in [0.5, 0.6) is 0 Å². The zero-order chi connectivity index (χ0) is 16.4. The van der Waals surface area contributed by atoms with Crippen molar-refractivity contribution in [3.8, 4) is 0 Å². The van der Waals surface area contributed by atoms with Gasteiger partial charge in [-0.05, 0) is 54.0 Å². The fourth-order valence-electron chi connectivity index (χ4n) is 2.15. The second-order valence-corrected chi connectivity index (χ2v) is 6.04. The van der Waals surface area contributed by atoms with Gasteiger partial charge in [-0.3, -0.25) is 9.48 Å². The minimum absolute atomic E-state index is 0.299. The van der Waals surface area contributed by atoms with E-state index in [-0.39, 0.29) is 5.91 Å². The highest BCUT2D eigenvalue weighted by molar-refractivity contribution is 9.10. The van der Waals surface area contributed by atoms with Crippen molar-refractivity contribution in [2.75, 3.05) is 5.32 Å². The van der Waals surface area contributed by atoms with E-state index < -0.39 is 0 Å². The summed E-state index contributed by atoms with van der Waals surface area (Å²) in [6.45, 7) is 4.39. The molecule has 0 spiro atoms. The van der Waals surface area contributed by atoms with Crippen molar-refractivity contribution in [2.45, 2.75) is 20.5 Å². The molecule has 3 aromatic rings. The highest BCUT2D eigenvalue weighted by Crippen LogP contribution is 2.11. The van der Waals surface area contributed by atoms with E-state index in [1.165, 1.54) is 0 Å². The molecular formula is C15H15BrN6O. The van der Waals surface area contributed by atoms with Crippen molar-refractivity contribution in [3.63, 3.8) is 0 Å². The molecule has 118 valence electrons. The van der Waals surface area contributed by atoms with Crippen LogP contribution in [0, 0.1) is 13.8 Å². The van der Waals surface area contributed by atoms with Crippen LogP contribution in [0.3, 0.4) is 0 Å². The fraction of sp³-hybridized carbons (Fsp3) is 0.200. The Morgan fingerprint density at radius 3 is 2.74 bits per heavy atom. The Morgan fingerprint density at radius 1 is 1.26 bits per heavy atom. The van der Waals surface area contributed by atoms with Crippen molar-refractivity contribution in [3.05, 3.63) is 58.2 Å². The van der Waals surface area contributed by atoms with Crippen LogP contribution >= 0.6 is 15.9 Å². The highest BCUT2D eigenvalue weighted by Gasteiger charge is 2.11. The smallest absolute Gasteiger partial charge is 0.277 e. The average molecular weight is 375 g/mol. The normalized spacial score (nSPS) is 10.7. The quantitative estimate of drug-likeness (QED) is 0.761. The van der Waals surface area contributed by atoms with Gasteiger partial charge in [0.05, 0.1) is 5.69 Å². The standard InChI is InChI=1S/C15H15BrN6O/c1-10-7-11(2)22(19-10)9-21-6-5-13(20-21)15(23)18-14-4-3-12(16)8-17-14/h3-8H,9H2,1-2H3,(H,17,18,23). The summed E-state index contributed by atoms with van der Waals surface area (Å²) in [5.41, 5.74) is 2.33. The molecule has 0 fully saturated rings. The summed E-state index contributed by atoms with van der Waals surface area (Å²) >= 11 is 3.30. The Bertz CT molecular complexity index is 836. The van der Waals surface area contributed by atoms with Crippen LogP contribution in [0.15, 0.2) is 41.1 Å². The molecule has 3 rings (SSSR count). The van der Waals surface area contributed by atoms with E-state index in [1.807, 2.05) is 30.7 Å². The number of aromatic nitrogens is 5. The van der Waals surface area contributed by atoms with Gasteiger partial charge in [0.2, 0.25) is 0 Å². The van der Waals surface area contributed by atoms with Gasteiger partial charge in [0.25, 0.3) is 5.91 Å². The Kier molecular flexibility index (Phi) is 4.24. The van der Waals surface area contributed by atoms with E-state index in [4.69, 9.17) is 0 Å². The maximum atomic E-state index is 12.2. The number of anilines is 1. The van der Waals surface area contributed by atoms with Crippen LogP contribution in [0.1, 0.15) is 21.9 Å². The van der Waals surface area contributed by atoms with Crippen LogP contribution in [-0.2, 0) is 6.67 Å². The number of aryl methyl sites for hydroxylation is 2. The average Bonchev–Trinajstić information content (AvgIpc) is 3.09. The SMILES string of the molecule is Cc1cc(C)n(Cn2ccc(C(=O)Nc3ccc(Br)cn3)n2)n1. The molecule has 0 aliphatic rings. The maximum Gasteiger partial charge on any atom is 0.277 e. The van der Waals surface area contributed by atoms with Crippen LogP contribution in [0.25, 0.3) is 0 Å². The summed E-state index contributed by atoms with van der Waals surface area (Å²) in [5.74, 6) is 0.179. The van der Waals surface area contributed by atoms with E-state index in [0.717, 1.165) is 15.9 Å². The molecule has 0 saturated heterocycles. The Balaban J connectivity index is 1.69. The van der Waals surface area contributed by atoms with Crippen molar-refractivity contribution >= 4 is 27.7 Å². The van der Waals surface area contributed by atoms with Gasteiger partial charge in [-0.1, -0.05) is 0 Å². The molecule has 3 heterocycles. The summed E-state index contributed by atoms with van der Waals surface area (Å²) in [4.78, 5) is 16.3. The molecule has 1 amide bonds. The summed E-state index contributed by atoms with van der Waals surface area (Å²) in [7, 11) is 0. The van der Waals surface area contributed by atoms with E-state index in [1.54, 1.807) is 29.2 Å². The monoisotopic (exact) mass is 374 g/mol. The van der Waals surface area contributed by atoms with Gasteiger partial charge in [0.15, 0.2) is 5.69 Å². The van der Waals surface area contributed by atoms with Crippen LogP contribution in [0.2, 0.25) is 0 Å². The third kappa shape index (κ3) is 3.65. The lowest BCUT2D eigenvalue weighted by Gasteiger charge is -2.04. The van der Waals surface area contributed by atoms with Gasteiger partial charge in [0, 0.05) is 22.6 Å². The lowest BCUT2D eigenvalue weighted by atomic mass is 10.4. The molecule has 7 nitrogen and oxygen atoms in total. The molecule has 0 unspecified atom stereocenters. The van der Waals surface area contributed by atoms with Crippen molar-refractivity contribution in [2.24, 2.45) is 0 Å². The van der Waals surface area contributed by atoms with Crippen molar-refractivity contribution < 1.29 is 4.79 Å². The molecule has 23 heavy (non-hydrogen) atoms. The third-order valence-electron chi connectivity index (χ3n) is 3.22. The number of rotatable bonds is 4. The number of hydrogen-bond donors (Lipinski definition) is 1. The second-order valence-electron chi connectivity index (χ2n) is 5.12. The topological polar surface area (TPSA) is 77.6 Å². The molecule has 8 heteroatoms. The first kappa shape index (κ1) is 15.4. The van der Waals surface area contributed by atoms with Crippen LogP contribution < -0.4 is 5.32 Å². The predicted octanol–water partition coefficient (Wildman–Crippen LogP) is 2.61. The van der Waals surface area contributed by atoms with Crippen molar-refractivity contribution in [1.29, 1.82) is 0 Å². The third-order valence-corrected chi connectivity index (χ3v) is 3.69. The number of nitrogens with zero attached hydrogens (tertiary/aromatic N) is 5. The Labute approximate surface area is 141 Å². The zero-order valence-corrected chi connectivity index (χ0v) is 14.3. The number of amides is 1. The first-order chi connectivity index (χ1) is 11.0. The molecule has 3 aromatic heterocycles. The summed E-state index contributed by atoms with van der Waals surface area (Å²) in [6.07, 6.45) is 3.37. The van der Waals surface area contributed by atoms with Gasteiger partial charge < -0.3 is 5.32 Å². The molecule has 0 aromatic carbocycles. The summed E-state index contributed by atoms with van der Waals surface area (Å²) in [6, 6.07) is 7.19. The molecule has 1 N–H and O–H groups in total. The molecule has 0 aliphatic heterocycles. The fourth-order valence-corrected chi connectivity index (χ4v) is 2.38. The number of carbonyl (C=O) groups is 1. The number of carbonyl (C=O) groups excluding carboxylic acids is 1.